The second-order valence-electron chi connectivity index (χ2n) is 4.12. The van der Waals surface area contributed by atoms with E-state index in [1.54, 1.807) is 30.3 Å². The molecule has 0 aromatic heterocycles. The minimum Gasteiger partial charge on any atom is -0.280 e. The average Bonchev–Trinajstić information content (AvgIpc) is 2.38. The number of halogens is 1. The third kappa shape index (κ3) is 3.58. The zero-order chi connectivity index (χ0) is 13.9. The largest absolute Gasteiger partial charge is 0.280 e. The molecule has 0 fully saturated rings. The third-order valence-electron chi connectivity index (χ3n) is 2.69. The molecular formula is C14H14BrNO2S. The molecule has 0 amide bonds. The van der Waals surface area contributed by atoms with Gasteiger partial charge in [0.25, 0.3) is 10.0 Å². The van der Waals surface area contributed by atoms with Crippen molar-refractivity contribution in [2.75, 3.05) is 4.72 Å². The van der Waals surface area contributed by atoms with E-state index in [1.165, 1.54) is 0 Å². The molecule has 2 aromatic rings. The molecule has 0 aliphatic carbocycles. The summed E-state index contributed by atoms with van der Waals surface area (Å²) >= 11 is 3.27. The Balaban J connectivity index is 2.31. The van der Waals surface area contributed by atoms with Gasteiger partial charge >= 0.3 is 0 Å². The molecule has 0 aliphatic rings. The molecule has 0 radical (unpaired) electrons. The number of hydrogen-bond donors (Lipinski definition) is 1. The lowest BCUT2D eigenvalue weighted by molar-refractivity contribution is 0.601. The molecule has 0 saturated carbocycles. The van der Waals surface area contributed by atoms with Crippen LogP contribution in [0, 0.1) is 0 Å². The van der Waals surface area contributed by atoms with Gasteiger partial charge in [-0.3, -0.25) is 4.72 Å². The number of anilines is 1. The fourth-order valence-electron chi connectivity index (χ4n) is 1.70. The molecule has 0 saturated heterocycles. The van der Waals surface area contributed by atoms with E-state index in [0.717, 1.165) is 16.5 Å². The first-order valence-electron chi connectivity index (χ1n) is 5.88. The van der Waals surface area contributed by atoms with Crippen LogP contribution in [-0.4, -0.2) is 8.42 Å². The van der Waals surface area contributed by atoms with Gasteiger partial charge in [-0.25, -0.2) is 8.42 Å². The highest BCUT2D eigenvalue weighted by Gasteiger charge is 2.14. The van der Waals surface area contributed by atoms with Gasteiger partial charge in [-0.2, -0.15) is 0 Å². The van der Waals surface area contributed by atoms with Gasteiger partial charge in [0.05, 0.1) is 4.90 Å². The molecule has 0 bridgehead atoms. The number of aryl methyl sites for hydroxylation is 1. The zero-order valence-corrected chi connectivity index (χ0v) is 12.8. The highest BCUT2D eigenvalue weighted by atomic mass is 79.9. The van der Waals surface area contributed by atoms with Crippen LogP contribution in [0.4, 0.5) is 5.69 Å². The lowest BCUT2D eigenvalue weighted by Gasteiger charge is -2.09. The molecule has 0 aliphatic heterocycles. The van der Waals surface area contributed by atoms with Crippen molar-refractivity contribution in [3.05, 3.63) is 58.6 Å². The van der Waals surface area contributed by atoms with E-state index in [1.807, 2.05) is 25.1 Å². The Labute approximate surface area is 121 Å². The number of benzene rings is 2. The van der Waals surface area contributed by atoms with Crippen molar-refractivity contribution in [2.24, 2.45) is 0 Å². The summed E-state index contributed by atoms with van der Waals surface area (Å²) in [7, 11) is -3.54. The smallest absolute Gasteiger partial charge is 0.261 e. The first-order valence-corrected chi connectivity index (χ1v) is 8.16. The molecule has 3 nitrogen and oxygen atoms in total. The minimum atomic E-state index is -3.54. The summed E-state index contributed by atoms with van der Waals surface area (Å²) in [4.78, 5) is 0.240. The highest BCUT2D eigenvalue weighted by Crippen LogP contribution is 2.20. The maximum Gasteiger partial charge on any atom is 0.261 e. The standard InChI is InChI=1S/C14H14BrNO2S/c1-2-11-5-3-7-13(9-11)16-19(17,18)14-8-4-6-12(15)10-14/h3-10,16H,2H2,1H3. The van der Waals surface area contributed by atoms with Crippen molar-refractivity contribution in [3.63, 3.8) is 0 Å². The minimum absolute atomic E-state index is 0.240. The SMILES string of the molecule is CCc1cccc(NS(=O)(=O)c2cccc(Br)c2)c1. The molecule has 0 heterocycles. The van der Waals surface area contributed by atoms with Gasteiger partial charge in [0.1, 0.15) is 0 Å². The monoisotopic (exact) mass is 339 g/mol. The first kappa shape index (κ1) is 14.1. The number of rotatable bonds is 4. The van der Waals surface area contributed by atoms with Crippen molar-refractivity contribution < 1.29 is 8.42 Å². The molecule has 19 heavy (non-hydrogen) atoms. The van der Waals surface area contributed by atoms with Gasteiger partial charge in [-0.1, -0.05) is 41.1 Å². The lowest BCUT2D eigenvalue weighted by Crippen LogP contribution is -2.13. The van der Waals surface area contributed by atoms with Crippen LogP contribution >= 0.6 is 15.9 Å². The van der Waals surface area contributed by atoms with E-state index in [2.05, 4.69) is 20.7 Å². The molecule has 0 spiro atoms. The van der Waals surface area contributed by atoms with Gasteiger partial charge in [-0.05, 0) is 42.3 Å². The molecule has 0 atom stereocenters. The molecule has 2 aromatic carbocycles. The van der Waals surface area contributed by atoms with Crippen molar-refractivity contribution in [2.45, 2.75) is 18.2 Å². The molecule has 5 heteroatoms. The number of hydrogen-bond acceptors (Lipinski definition) is 2. The van der Waals surface area contributed by atoms with Crippen LogP contribution in [-0.2, 0) is 16.4 Å². The van der Waals surface area contributed by atoms with E-state index in [0.29, 0.717) is 5.69 Å². The van der Waals surface area contributed by atoms with Crippen molar-refractivity contribution >= 4 is 31.6 Å². The Kier molecular flexibility index (Phi) is 4.27. The first-order chi connectivity index (χ1) is 9.01. The third-order valence-corrected chi connectivity index (χ3v) is 4.57. The predicted octanol–water partition coefficient (Wildman–Crippen LogP) is 3.81. The fourth-order valence-corrected chi connectivity index (χ4v) is 3.35. The van der Waals surface area contributed by atoms with Gasteiger partial charge in [0.2, 0.25) is 0 Å². The van der Waals surface area contributed by atoms with Crippen LogP contribution in [0.5, 0.6) is 0 Å². The van der Waals surface area contributed by atoms with Gasteiger partial charge in [0.15, 0.2) is 0 Å². The molecule has 2 rings (SSSR count). The normalized spacial score (nSPS) is 11.3. The summed E-state index contributed by atoms with van der Waals surface area (Å²) < 4.78 is 27.8. The van der Waals surface area contributed by atoms with E-state index in [4.69, 9.17) is 0 Å². The number of sulfonamides is 1. The van der Waals surface area contributed by atoms with Crippen LogP contribution in [0.1, 0.15) is 12.5 Å². The molecule has 100 valence electrons. The highest BCUT2D eigenvalue weighted by molar-refractivity contribution is 9.10. The van der Waals surface area contributed by atoms with E-state index in [-0.39, 0.29) is 4.90 Å². The Morgan fingerprint density at radius 1 is 1.11 bits per heavy atom. The van der Waals surface area contributed by atoms with Crippen molar-refractivity contribution in [1.82, 2.24) is 0 Å². The quantitative estimate of drug-likeness (QED) is 0.920. The van der Waals surface area contributed by atoms with Crippen LogP contribution in [0.3, 0.4) is 0 Å². The summed E-state index contributed by atoms with van der Waals surface area (Å²) in [6, 6.07) is 14.0. The summed E-state index contributed by atoms with van der Waals surface area (Å²) in [6.45, 7) is 2.03. The molecule has 1 N–H and O–H groups in total. The Morgan fingerprint density at radius 2 is 1.84 bits per heavy atom. The lowest BCUT2D eigenvalue weighted by atomic mass is 10.1. The summed E-state index contributed by atoms with van der Waals surface area (Å²) in [5.41, 5.74) is 1.67. The van der Waals surface area contributed by atoms with Crippen LogP contribution in [0.2, 0.25) is 0 Å². The Bertz CT molecular complexity index is 683. The van der Waals surface area contributed by atoms with E-state index in [9.17, 15) is 8.42 Å². The van der Waals surface area contributed by atoms with Crippen molar-refractivity contribution in [1.29, 1.82) is 0 Å². The van der Waals surface area contributed by atoms with E-state index < -0.39 is 10.0 Å². The van der Waals surface area contributed by atoms with Gasteiger partial charge in [0, 0.05) is 10.2 Å². The summed E-state index contributed by atoms with van der Waals surface area (Å²) in [6.07, 6.45) is 0.868. The summed E-state index contributed by atoms with van der Waals surface area (Å²) in [5, 5.41) is 0. The second-order valence-corrected chi connectivity index (χ2v) is 6.71. The fraction of sp³-hybridized carbons (Fsp3) is 0.143. The van der Waals surface area contributed by atoms with E-state index >= 15 is 0 Å². The predicted molar refractivity (Wildman–Crippen MR) is 80.8 cm³/mol. The maximum atomic E-state index is 12.2. The zero-order valence-electron chi connectivity index (χ0n) is 10.4. The van der Waals surface area contributed by atoms with Crippen LogP contribution in [0.15, 0.2) is 57.9 Å². The van der Waals surface area contributed by atoms with Crippen molar-refractivity contribution in [3.8, 4) is 0 Å². The van der Waals surface area contributed by atoms with Crippen LogP contribution < -0.4 is 4.72 Å². The second kappa shape index (κ2) is 5.75. The molecule has 0 unspecified atom stereocenters. The topological polar surface area (TPSA) is 46.2 Å². The summed E-state index contributed by atoms with van der Waals surface area (Å²) in [5.74, 6) is 0. The van der Waals surface area contributed by atoms with Crippen LogP contribution in [0.25, 0.3) is 0 Å². The Hall–Kier alpha value is -1.33. The maximum absolute atomic E-state index is 12.2. The molecular weight excluding hydrogens is 326 g/mol. The van der Waals surface area contributed by atoms with Gasteiger partial charge in [-0.15, -0.1) is 0 Å². The van der Waals surface area contributed by atoms with Gasteiger partial charge < -0.3 is 0 Å². The number of nitrogens with one attached hydrogen (secondary N) is 1. The average molecular weight is 340 g/mol. The Morgan fingerprint density at radius 3 is 2.53 bits per heavy atom.